The van der Waals surface area contributed by atoms with Crippen LogP contribution in [-0.2, 0) is 0 Å². The van der Waals surface area contributed by atoms with Gasteiger partial charge in [0, 0.05) is 0 Å². The summed E-state index contributed by atoms with van der Waals surface area (Å²) in [4.78, 5) is 12.1. The third-order valence-electron chi connectivity index (χ3n) is 3.64. The fourth-order valence-electron chi connectivity index (χ4n) is 2.51. The second kappa shape index (κ2) is 5.40. The van der Waals surface area contributed by atoms with Gasteiger partial charge in [-0.3, -0.25) is 4.79 Å². The van der Waals surface area contributed by atoms with Gasteiger partial charge in [0.15, 0.2) is 0 Å². The molecule has 0 atom stereocenters. The van der Waals surface area contributed by atoms with Gasteiger partial charge in [0.05, 0.1) is 11.6 Å². The largest absolute Gasteiger partial charge is 0.334 e. The SMILES string of the molecule is Cc1ccc(C(=O)NC2(C#N)CCCCC2)c(F)c1. The maximum absolute atomic E-state index is 13.7. The maximum atomic E-state index is 13.7. The molecule has 0 unspecified atom stereocenters. The molecule has 0 bridgehead atoms. The molecular formula is C15H17FN2O. The van der Waals surface area contributed by atoms with Gasteiger partial charge in [-0.1, -0.05) is 25.3 Å². The summed E-state index contributed by atoms with van der Waals surface area (Å²) in [6, 6.07) is 6.68. The average molecular weight is 260 g/mol. The van der Waals surface area contributed by atoms with Crippen LogP contribution in [0, 0.1) is 24.1 Å². The molecule has 1 aromatic rings. The van der Waals surface area contributed by atoms with E-state index in [-0.39, 0.29) is 5.56 Å². The van der Waals surface area contributed by atoms with Crippen LogP contribution >= 0.6 is 0 Å². The minimum atomic E-state index is -0.827. The summed E-state index contributed by atoms with van der Waals surface area (Å²) in [6.07, 6.45) is 4.21. The molecular weight excluding hydrogens is 243 g/mol. The van der Waals surface area contributed by atoms with Crippen molar-refractivity contribution >= 4 is 5.91 Å². The van der Waals surface area contributed by atoms with Crippen LogP contribution < -0.4 is 5.32 Å². The summed E-state index contributed by atoms with van der Waals surface area (Å²) in [5.74, 6) is -1.04. The van der Waals surface area contributed by atoms with Gasteiger partial charge in [0.1, 0.15) is 11.4 Å². The van der Waals surface area contributed by atoms with Gasteiger partial charge in [-0.25, -0.2) is 4.39 Å². The Morgan fingerprint density at radius 3 is 2.63 bits per heavy atom. The van der Waals surface area contributed by atoms with E-state index in [1.807, 2.05) is 0 Å². The molecule has 0 radical (unpaired) electrons. The zero-order valence-electron chi connectivity index (χ0n) is 11.0. The number of nitrogens with one attached hydrogen (secondary N) is 1. The number of hydrogen-bond acceptors (Lipinski definition) is 2. The van der Waals surface area contributed by atoms with E-state index >= 15 is 0 Å². The van der Waals surface area contributed by atoms with E-state index in [1.54, 1.807) is 13.0 Å². The van der Waals surface area contributed by atoms with E-state index in [2.05, 4.69) is 11.4 Å². The molecule has 0 saturated heterocycles. The maximum Gasteiger partial charge on any atom is 0.255 e. The number of amides is 1. The van der Waals surface area contributed by atoms with Crippen molar-refractivity contribution in [3.05, 3.63) is 35.1 Å². The molecule has 0 aliphatic heterocycles. The van der Waals surface area contributed by atoms with Crippen LogP contribution in [0.5, 0.6) is 0 Å². The van der Waals surface area contributed by atoms with Crippen LogP contribution in [0.4, 0.5) is 4.39 Å². The van der Waals surface area contributed by atoms with Gasteiger partial charge in [-0.2, -0.15) is 5.26 Å². The third-order valence-corrected chi connectivity index (χ3v) is 3.64. The highest BCUT2D eigenvalue weighted by atomic mass is 19.1. The minimum absolute atomic E-state index is 0.00537. The highest BCUT2D eigenvalue weighted by molar-refractivity contribution is 5.95. The summed E-state index contributed by atoms with van der Waals surface area (Å²) in [6.45, 7) is 1.77. The predicted octanol–water partition coefficient (Wildman–Crippen LogP) is 3.09. The lowest BCUT2D eigenvalue weighted by atomic mass is 9.82. The van der Waals surface area contributed by atoms with Gasteiger partial charge in [-0.15, -0.1) is 0 Å². The van der Waals surface area contributed by atoms with Gasteiger partial charge >= 0.3 is 0 Å². The zero-order chi connectivity index (χ0) is 13.9. The Kier molecular flexibility index (Phi) is 3.84. The van der Waals surface area contributed by atoms with Gasteiger partial charge in [0.2, 0.25) is 0 Å². The molecule has 1 N–H and O–H groups in total. The molecule has 19 heavy (non-hydrogen) atoms. The molecule has 1 aromatic carbocycles. The Hall–Kier alpha value is -1.89. The van der Waals surface area contributed by atoms with Crippen LogP contribution in [0.2, 0.25) is 0 Å². The number of aryl methyl sites for hydroxylation is 1. The normalized spacial score (nSPS) is 17.5. The van der Waals surface area contributed by atoms with E-state index in [4.69, 9.17) is 0 Å². The molecule has 1 aliphatic carbocycles. The number of carbonyl (C=O) groups is 1. The molecule has 1 amide bonds. The molecule has 4 heteroatoms. The number of benzene rings is 1. The van der Waals surface area contributed by atoms with Crippen molar-refractivity contribution in [2.45, 2.75) is 44.6 Å². The first kappa shape index (κ1) is 13.5. The lowest BCUT2D eigenvalue weighted by Crippen LogP contribution is -2.48. The topological polar surface area (TPSA) is 52.9 Å². The third kappa shape index (κ3) is 2.93. The average Bonchev–Trinajstić information content (AvgIpc) is 2.39. The molecule has 1 saturated carbocycles. The van der Waals surface area contributed by atoms with E-state index in [9.17, 15) is 14.4 Å². The van der Waals surface area contributed by atoms with Crippen LogP contribution in [-0.4, -0.2) is 11.4 Å². The fraction of sp³-hybridized carbons (Fsp3) is 0.467. The second-order valence-corrected chi connectivity index (χ2v) is 5.19. The van der Waals surface area contributed by atoms with E-state index in [0.717, 1.165) is 24.8 Å². The quantitative estimate of drug-likeness (QED) is 0.888. The zero-order valence-corrected chi connectivity index (χ0v) is 11.0. The molecule has 100 valence electrons. The van der Waals surface area contributed by atoms with Crippen molar-refractivity contribution in [2.24, 2.45) is 0 Å². The smallest absolute Gasteiger partial charge is 0.255 e. The standard InChI is InChI=1S/C15H17FN2O/c1-11-5-6-12(13(16)9-11)14(19)18-15(10-17)7-3-2-4-8-15/h5-6,9H,2-4,7-8H2,1H3,(H,18,19). The number of nitrogens with zero attached hydrogens (tertiary/aromatic N) is 1. The van der Waals surface area contributed by atoms with E-state index in [0.29, 0.717) is 12.8 Å². The number of nitriles is 1. The van der Waals surface area contributed by atoms with Crippen LogP contribution in [0.15, 0.2) is 18.2 Å². The van der Waals surface area contributed by atoms with Gasteiger partial charge in [-0.05, 0) is 37.5 Å². The van der Waals surface area contributed by atoms with Crippen molar-refractivity contribution in [1.29, 1.82) is 5.26 Å². The Balaban J connectivity index is 2.18. The highest BCUT2D eigenvalue weighted by Crippen LogP contribution is 2.28. The first-order chi connectivity index (χ1) is 9.06. The first-order valence-corrected chi connectivity index (χ1v) is 6.56. The highest BCUT2D eigenvalue weighted by Gasteiger charge is 2.34. The van der Waals surface area contributed by atoms with Crippen LogP contribution in [0.25, 0.3) is 0 Å². The molecule has 1 aliphatic rings. The van der Waals surface area contributed by atoms with Gasteiger partial charge in [0.25, 0.3) is 5.91 Å². The Morgan fingerprint density at radius 2 is 2.05 bits per heavy atom. The minimum Gasteiger partial charge on any atom is -0.334 e. The molecule has 1 fully saturated rings. The molecule has 2 rings (SSSR count). The van der Waals surface area contributed by atoms with Crippen molar-refractivity contribution in [3.8, 4) is 6.07 Å². The van der Waals surface area contributed by atoms with Crippen molar-refractivity contribution < 1.29 is 9.18 Å². The van der Waals surface area contributed by atoms with E-state index in [1.165, 1.54) is 12.1 Å². The number of hydrogen-bond donors (Lipinski definition) is 1. The molecule has 0 heterocycles. The molecule has 3 nitrogen and oxygen atoms in total. The summed E-state index contributed by atoms with van der Waals surface area (Å²) >= 11 is 0. The monoisotopic (exact) mass is 260 g/mol. The summed E-state index contributed by atoms with van der Waals surface area (Å²) in [5, 5.41) is 12.0. The predicted molar refractivity (Wildman–Crippen MR) is 70.0 cm³/mol. The molecule has 0 spiro atoms. The number of halogens is 1. The molecule has 0 aromatic heterocycles. The summed E-state index contributed by atoms with van der Waals surface area (Å²) in [5.41, 5.74) is -0.0559. The number of carbonyl (C=O) groups excluding carboxylic acids is 1. The lowest BCUT2D eigenvalue weighted by molar-refractivity contribution is 0.0898. The fourth-order valence-corrected chi connectivity index (χ4v) is 2.51. The van der Waals surface area contributed by atoms with Crippen LogP contribution in [0.3, 0.4) is 0 Å². The summed E-state index contributed by atoms with van der Waals surface area (Å²) in [7, 11) is 0. The number of rotatable bonds is 2. The second-order valence-electron chi connectivity index (χ2n) is 5.19. The Bertz CT molecular complexity index is 527. The summed E-state index contributed by atoms with van der Waals surface area (Å²) < 4.78 is 13.7. The lowest BCUT2D eigenvalue weighted by Gasteiger charge is -2.31. The van der Waals surface area contributed by atoms with E-state index < -0.39 is 17.3 Å². The Labute approximate surface area is 112 Å². The van der Waals surface area contributed by atoms with Crippen LogP contribution in [0.1, 0.15) is 48.0 Å². The Morgan fingerprint density at radius 1 is 1.37 bits per heavy atom. The van der Waals surface area contributed by atoms with Crippen molar-refractivity contribution in [1.82, 2.24) is 5.32 Å². The first-order valence-electron chi connectivity index (χ1n) is 6.56. The van der Waals surface area contributed by atoms with Crippen molar-refractivity contribution in [2.75, 3.05) is 0 Å². The van der Waals surface area contributed by atoms with Crippen molar-refractivity contribution in [3.63, 3.8) is 0 Å². The van der Waals surface area contributed by atoms with Gasteiger partial charge < -0.3 is 5.32 Å².